The lowest BCUT2D eigenvalue weighted by Crippen LogP contribution is -2.07. The van der Waals surface area contributed by atoms with Crippen molar-refractivity contribution in [3.05, 3.63) is 59.1 Å². The first kappa shape index (κ1) is 14.3. The van der Waals surface area contributed by atoms with Gasteiger partial charge in [0, 0.05) is 4.47 Å². The third kappa shape index (κ3) is 2.61. The Morgan fingerprint density at radius 2 is 1.14 bits per heavy atom. The van der Waals surface area contributed by atoms with Crippen molar-refractivity contribution in [2.45, 2.75) is 0 Å². The molecule has 0 atom stereocenters. The van der Waals surface area contributed by atoms with Gasteiger partial charge in [-0.05, 0) is 38.4 Å². The normalized spacial score (nSPS) is 10.9. The molecule has 4 aromatic carbocycles. The Balaban J connectivity index is 0.000000298. The smallest absolute Gasteiger partial charge is 0.402 e. The third-order valence-corrected chi connectivity index (χ3v) is 4.17. The van der Waals surface area contributed by atoms with E-state index < -0.39 is 7.32 Å². The molecular formula is C16H12BBrO3. The lowest BCUT2D eigenvalue weighted by Gasteiger charge is -2.11. The highest BCUT2D eigenvalue weighted by atomic mass is 79.9. The number of rotatable bonds is 0. The summed E-state index contributed by atoms with van der Waals surface area (Å²) in [6.07, 6.45) is 0. The number of benzene rings is 4. The Bertz CT molecular complexity index is 889. The second kappa shape index (κ2) is 5.62. The van der Waals surface area contributed by atoms with Gasteiger partial charge in [0.15, 0.2) is 0 Å². The molecule has 0 aliphatic carbocycles. The maximum Gasteiger partial charge on any atom is 0.631 e. The van der Waals surface area contributed by atoms with Crippen LogP contribution in [0.4, 0.5) is 0 Å². The number of hydrogen-bond donors (Lipinski definition) is 3. The van der Waals surface area contributed by atoms with Gasteiger partial charge in [0.2, 0.25) is 0 Å². The van der Waals surface area contributed by atoms with Crippen molar-refractivity contribution in [2.24, 2.45) is 0 Å². The maximum absolute atomic E-state index is 7.17. The zero-order chi connectivity index (χ0) is 15.0. The fourth-order valence-electron chi connectivity index (χ4n) is 2.70. The Kier molecular flexibility index (Phi) is 3.82. The molecule has 0 amide bonds. The first-order valence-electron chi connectivity index (χ1n) is 6.44. The average Bonchev–Trinajstić information content (AvgIpc) is 2.46. The van der Waals surface area contributed by atoms with Crippen LogP contribution in [-0.4, -0.2) is 22.4 Å². The van der Waals surface area contributed by atoms with E-state index in [0.717, 1.165) is 0 Å². The van der Waals surface area contributed by atoms with E-state index in [2.05, 4.69) is 70.5 Å². The second-order valence-electron chi connectivity index (χ2n) is 4.75. The molecular weight excluding hydrogens is 331 g/mol. The van der Waals surface area contributed by atoms with Crippen LogP contribution < -0.4 is 0 Å². The van der Waals surface area contributed by atoms with Gasteiger partial charge in [-0.2, -0.15) is 0 Å². The van der Waals surface area contributed by atoms with Crippen LogP contribution in [0.15, 0.2) is 59.1 Å². The van der Waals surface area contributed by atoms with Crippen LogP contribution in [0.2, 0.25) is 0 Å². The highest BCUT2D eigenvalue weighted by Crippen LogP contribution is 2.37. The minimum absolute atomic E-state index is 1.17. The molecule has 0 aliphatic heterocycles. The molecule has 104 valence electrons. The molecule has 0 bridgehead atoms. The molecule has 21 heavy (non-hydrogen) atoms. The summed E-state index contributed by atoms with van der Waals surface area (Å²) in [5, 5.41) is 29.5. The first-order chi connectivity index (χ1) is 10.1. The van der Waals surface area contributed by atoms with Crippen LogP contribution in [0.25, 0.3) is 32.3 Å². The van der Waals surface area contributed by atoms with E-state index in [1.54, 1.807) is 0 Å². The molecule has 4 aromatic rings. The molecule has 3 N–H and O–H groups in total. The van der Waals surface area contributed by atoms with Crippen molar-refractivity contribution < 1.29 is 15.1 Å². The van der Waals surface area contributed by atoms with Gasteiger partial charge in [0.1, 0.15) is 0 Å². The molecule has 0 aromatic heterocycles. The van der Waals surface area contributed by atoms with Gasteiger partial charge in [-0.25, -0.2) is 0 Å². The predicted molar refractivity (Wildman–Crippen MR) is 90.3 cm³/mol. The molecule has 0 radical (unpaired) electrons. The average molecular weight is 343 g/mol. The minimum atomic E-state index is -2.17. The van der Waals surface area contributed by atoms with Crippen molar-refractivity contribution in [3.8, 4) is 0 Å². The molecule has 4 rings (SSSR count). The topological polar surface area (TPSA) is 60.7 Å². The second-order valence-corrected chi connectivity index (χ2v) is 5.60. The zero-order valence-electron chi connectivity index (χ0n) is 11.0. The molecule has 0 saturated carbocycles. The summed E-state index contributed by atoms with van der Waals surface area (Å²) in [4.78, 5) is 0. The molecule has 0 unspecified atom stereocenters. The van der Waals surface area contributed by atoms with E-state index >= 15 is 0 Å². The van der Waals surface area contributed by atoms with Crippen LogP contribution in [-0.2, 0) is 0 Å². The molecule has 0 saturated heterocycles. The third-order valence-electron chi connectivity index (χ3n) is 3.48. The summed E-state index contributed by atoms with van der Waals surface area (Å²) in [5.41, 5.74) is 0. The lowest BCUT2D eigenvalue weighted by molar-refractivity contribution is 0.278. The van der Waals surface area contributed by atoms with E-state index in [1.807, 2.05) is 0 Å². The van der Waals surface area contributed by atoms with E-state index in [0.29, 0.717) is 0 Å². The highest BCUT2D eigenvalue weighted by molar-refractivity contribution is 9.10. The zero-order valence-corrected chi connectivity index (χ0v) is 12.6. The quantitative estimate of drug-likeness (QED) is 0.339. The van der Waals surface area contributed by atoms with Gasteiger partial charge in [-0.1, -0.05) is 64.5 Å². The van der Waals surface area contributed by atoms with Crippen LogP contribution in [0, 0.1) is 0 Å². The van der Waals surface area contributed by atoms with E-state index in [9.17, 15) is 0 Å². The van der Waals surface area contributed by atoms with Gasteiger partial charge >= 0.3 is 7.32 Å². The molecule has 0 spiro atoms. The summed E-state index contributed by atoms with van der Waals surface area (Å²) in [6, 6.07) is 19.6. The Morgan fingerprint density at radius 3 is 1.76 bits per heavy atom. The first-order valence-corrected chi connectivity index (χ1v) is 7.23. The molecule has 0 heterocycles. The monoisotopic (exact) mass is 342 g/mol. The maximum atomic E-state index is 7.17. The molecule has 0 aliphatic rings. The van der Waals surface area contributed by atoms with Crippen molar-refractivity contribution >= 4 is 55.6 Å². The fourth-order valence-corrected chi connectivity index (χ4v) is 3.16. The van der Waals surface area contributed by atoms with Crippen LogP contribution in [0.5, 0.6) is 0 Å². The molecule has 3 nitrogen and oxygen atoms in total. The standard InChI is InChI=1S/C16H9Br.BH3O3/c17-14-9-7-12-5-4-10-2-1-3-11-6-8-13(14)16(12)15(10)11;2-1(3)4/h1-9H;2-4H. The SMILES string of the molecule is Brc1ccc2ccc3cccc4ccc1c2c34.OB(O)O. The Labute approximate surface area is 130 Å². The summed E-state index contributed by atoms with van der Waals surface area (Å²) >= 11 is 3.64. The minimum Gasteiger partial charge on any atom is -0.402 e. The molecule has 5 heteroatoms. The number of hydrogen-bond acceptors (Lipinski definition) is 3. The van der Waals surface area contributed by atoms with Crippen LogP contribution in [0.1, 0.15) is 0 Å². The van der Waals surface area contributed by atoms with Gasteiger partial charge in [-0.15, -0.1) is 0 Å². The molecule has 0 fully saturated rings. The van der Waals surface area contributed by atoms with Crippen LogP contribution >= 0.6 is 15.9 Å². The lowest BCUT2D eigenvalue weighted by atomic mass is 9.94. The Hall–Kier alpha value is -1.66. The van der Waals surface area contributed by atoms with Gasteiger partial charge in [0.05, 0.1) is 0 Å². The van der Waals surface area contributed by atoms with Crippen molar-refractivity contribution in [3.63, 3.8) is 0 Å². The summed E-state index contributed by atoms with van der Waals surface area (Å²) in [7, 11) is -2.17. The number of halogens is 1. The Morgan fingerprint density at radius 1 is 0.667 bits per heavy atom. The largest absolute Gasteiger partial charge is 0.631 e. The van der Waals surface area contributed by atoms with Gasteiger partial charge < -0.3 is 15.1 Å². The van der Waals surface area contributed by atoms with Gasteiger partial charge in [0.25, 0.3) is 0 Å². The van der Waals surface area contributed by atoms with E-state index in [-0.39, 0.29) is 0 Å². The van der Waals surface area contributed by atoms with Crippen molar-refractivity contribution in [1.29, 1.82) is 0 Å². The highest BCUT2D eigenvalue weighted by Gasteiger charge is 2.08. The summed E-state index contributed by atoms with van der Waals surface area (Å²) in [5.74, 6) is 0. The van der Waals surface area contributed by atoms with Crippen LogP contribution in [0.3, 0.4) is 0 Å². The van der Waals surface area contributed by atoms with E-state index in [1.165, 1.54) is 36.8 Å². The van der Waals surface area contributed by atoms with E-state index in [4.69, 9.17) is 15.1 Å². The summed E-state index contributed by atoms with van der Waals surface area (Å²) in [6.45, 7) is 0. The van der Waals surface area contributed by atoms with Crippen molar-refractivity contribution in [1.82, 2.24) is 0 Å². The van der Waals surface area contributed by atoms with Gasteiger partial charge in [-0.3, -0.25) is 0 Å². The van der Waals surface area contributed by atoms with Crippen molar-refractivity contribution in [2.75, 3.05) is 0 Å². The predicted octanol–water partition coefficient (Wildman–Crippen LogP) is 3.29. The summed E-state index contributed by atoms with van der Waals surface area (Å²) < 4.78 is 1.17. The fraction of sp³-hybridized carbons (Fsp3) is 0.